The maximum Gasteiger partial charge on any atom is 0.253 e. The lowest BCUT2D eigenvalue weighted by atomic mass is 10.3. The zero-order valence-electron chi connectivity index (χ0n) is 7.37. The van der Waals surface area contributed by atoms with Crippen molar-refractivity contribution in [1.29, 1.82) is 0 Å². The molecule has 0 spiro atoms. The lowest BCUT2D eigenvalue weighted by Gasteiger charge is -2.06. The van der Waals surface area contributed by atoms with Gasteiger partial charge in [0.05, 0.1) is 0 Å². The molecule has 0 saturated carbocycles. The van der Waals surface area contributed by atoms with Crippen LogP contribution in [-0.2, 0) is 6.54 Å². The number of pyridine rings is 1. The number of hydrogen-bond donors (Lipinski definition) is 1. The molecule has 0 radical (unpaired) electrons. The molecule has 0 amide bonds. The molecule has 0 aliphatic rings. The molecule has 1 aromatic rings. The first-order chi connectivity index (χ1) is 5.65. The van der Waals surface area contributed by atoms with Crippen LogP contribution >= 0.6 is 0 Å². The number of rotatable bonds is 2. The van der Waals surface area contributed by atoms with Crippen LogP contribution in [0.5, 0.6) is 5.88 Å². The Morgan fingerprint density at radius 2 is 2.17 bits per heavy atom. The van der Waals surface area contributed by atoms with Crippen molar-refractivity contribution in [3.63, 3.8) is 0 Å². The second kappa shape index (κ2) is 3.43. The van der Waals surface area contributed by atoms with Crippen LogP contribution in [0.15, 0.2) is 16.9 Å². The Kier molecular flexibility index (Phi) is 2.53. The summed E-state index contributed by atoms with van der Waals surface area (Å²) >= 11 is 0. The summed E-state index contributed by atoms with van der Waals surface area (Å²) in [4.78, 5) is 11.3. The van der Waals surface area contributed by atoms with Gasteiger partial charge in [0.1, 0.15) is 0 Å². The van der Waals surface area contributed by atoms with Gasteiger partial charge >= 0.3 is 0 Å². The highest BCUT2D eigenvalue weighted by Gasteiger charge is 2.01. The van der Waals surface area contributed by atoms with Gasteiger partial charge < -0.3 is 5.11 Å². The van der Waals surface area contributed by atoms with Crippen molar-refractivity contribution in [2.24, 2.45) is 0 Å². The molecule has 0 aromatic carbocycles. The predicted octanol–water partition coefficient (Wildman–Crippen LogP) is 1.27. The predicted molar refractivity (Wildman–Crippen MR) is 47.4 cm³/mol. The van der Waals surface area contributed by atoms with Crippen LogP contribution in [0.1, 0.15) is 18.9 Å². The van der Waals surface area contributed by atoms with Crippen molar-refractivity contribution in [3.05, 3.63) is 28.0 Å². The minimum Gasteiger partial charge on any atom is -0.494 e. The Labute approximate surface area is 71.3 Å². The highest BCUT2D eigenvalue weighted by atomic mass is 16.3. The van der Waals surface area contributed by atoms with Crippen molar-refractivity contribution in [2.45, 2.75) is 26.8 Å². The van der Waals surface area contributed by atoms with Gasteiger partial charge in [-0.1, -0.05) is 6.92 Å². The van der Waals surface area contributed by atoms with Gasteiger partial charge in [-0.25, -0.2) is 0 Å². The van der Waals surface area contributed by atoms with E-state index in [2.05, 4.69) is 0 Å². The molecule has 66 valence electrons. The molecule has 0 aliphatic heterocycles. The maximum absolute atomic E-state index is 11.3. The normalized spacial score (nSPS) is 10.2. The fourth-order valence-electron chi connectivity index (χ4n) is 1.16. The van der Waals surface area contributed by atoms with E-state index in [4.69, 9.17) is 0 Å². The van der Waals surface area contributed by atoms with E-state index in [1.807, 2.05) is 6.92 Å². The van der Waals surface area contributed by atoms with Crippen molar-refractivity contribution in [2.75, 3.05) is 0 Å². The minimum absolute atomic E-state index is 0.0573. The van der Waals surface area contributed by atoms with E-state index in [9.17, 15) is 9.90 Å². The molecule has 12 heavy (non-hydrogen) atoms. The Morgan fingerprint density at radius 3 is 2.67 bits per heavy atom. The summed E-state index contributed by atoms with van der Waals surface area (Å²) in [5.41, 5.74) is 0.666. The molecular formula is C9H13NO2. The molecule has 1 aromatic heterocycles. The average Bonchev–Trinajstić information content (AvgIpc) is 1.96. The van der Waals surface area contributed by atoms with Gasteiger partial charge in [0.2, 0.25) is 0 Å². The van der Waals surface area contributed by atoms with Gasteiger partial charge in [0, 0.05) is 18.7 Å². The highest BCUT2D eigenvalue weighted by Crippen LogP contribution is 2.07. The van der Waals surface area contributed by atoms with Crippen molar-refractivity contribution in [3.8, 4) is 5.88 Å². The molecule has 0 saturated heterocycles. The Balaban J connectivity index is 3.19. The maximum atomic E-state index is 11.3. The van der Waals surface area contributed by atoms with E-state index in [-0.39, 0.29) is 11.4 Å². The van der Waals surface area contributed by atoms with E-state index in [1.165, 1.54) is 10.6 Å². The molecule has 0 bridgehead atoms. The summed E-state index contributed by atoms with van der Waals surface area (Å²) in [5.74, 6) is 0.0573. The molecule has 0 atom stereocenters. The van der Waals surface area contributed by atoms with Gasteiger partial charge in [-0.3, -0.25) is 9.36 Å². The van der Waals surface area contributed by atoms with E-state index in [0.717, 1.165) is 12.0 Å². The molecule has 1 N–H and O–H groups in total. The fourth-order valence-corrected chi connectivity index (χ4v) is 1.16. The van der Waals surface area contributed by atoms with E-state index < -0.39 is 0 Å². The third-order valence-electron chi connectivity index (χ3n) is 1.70. The average molecular weight is 167 g/mol. The van der Waals surface area contributed by atoms with Crippen LogP contribution in [0.3, 0.4) is 0 Å². The van der Waals surface area contributed by atoms with Crippen LogP contribution in [0.25, 0.3) is 0 Å². The number of aromatic hydroxyl groups is 1. The number of aromatic nitrogens is 1. The molecule has 3 heteroatoms. The largest absolute Gasteiger partial charge is 0.494 e. The summed E-state index contributed by atoms with van der Waals surface area (Å²) in [6.07, 6.45) is 0.844. The molecular weight excluding hydrogens is 154 g/mol. The van der Waals surface area contributed by atoms with Crippen LogP contribution in [0, 0.1) is 6.92 Å². The number of hydrogen-bond acceptors (Lipinski definition) is 2. The van der Waals surface area contributed by atoms with Crippen molar-refractivity contribution < 1.29 is 5.11 Å². The summed E-state index contributed by atoms with van der Waals surface area (Å²) < 4.78 is 1.37. The van der Waals surface area contributed by atoms with Gasteiger partial charge in [-0.05, 0) is 18.9 Å². The van der Waals surface area contributed by atoms with Crippen LogP contribution in [0.2, 0.25) is 0 Å². The van der Waals surface area contributed by atoms with Gasteiger partial charge in [0.25, 0.3) is 5.56 Å². The Hall–Kier alpha value is -1.25. The smallest absolute Gasteiger partial charge is 0.253 e. The zero-order chi connectivity index (χ0) is 9.14. The lowest BCUT2D eigenvalue weighted by molar-refractivity contribution is 0.404. The number of nitrogens with zero attached hydrogens (tertiary/aromatic N) is 1. The first-order valence-corrected chi connectivity index (χ1v) is 4.05. The van der Waals surface area contributed by atoms with Crippen molar-refractivity contribution in [1.82, 2.24) is 4.57 Å². The second-order valence-electron chi connectivity index (χ2n) is 2.88. The summed E-state index contributed by atoms with van der Waals surface area (Å²) in [5, 5.41) is 9.37. The molecule has 3 nitrogen and oxygen atoms in total. The fraction of sp³-hybridized carbons (Fsp3) is 0.444. The van der Waals surface area contributed by atoms with Gasteiger partial charge in [-0.15, -0.1) is 0 Å². The summed E-state index contributed by atoms with van der Waals surface area (Å²) in [7, 11) is 0. The van der Waals surface area contributed by atoms with E-state index >= 15 is 0 Å². The van der Waals surface area contributed by atoms with Crippen molar-refractivity contribution >= 4 is 0 Å². The SMILES string of the molecule is CCCn1c(O)cc(C)cc1=O. The van der Waals surface area contributed by atoms with E-state index in [1.54, 1.807) is 13.0 Å². The number of aryl methyl sites for hydroxylation is 1. The Morgan fingerprint density at radius 1 is 1.50 bits per heavy atom. The van der Waals surface area contributed by atoms with Crippen LogP contribution in [-0.4, -0.2) is 9.67 Å². The third kappa shape index (κ3) is 1.67. The Bertz CT molecular complexity index is 328. The van der Waals surface area contributed by atoms with Crippen LogP contribution < -0.4 is 5.56 Å². The molecule has 0 fully saturated rings. The molecule has 0 aliphatic carbocycles. The first-order valence-electron chi connectivity index (χ1n) is 4.05. The summed E-state index contributed by atoms with van der Waals surface area (Å²) in [6, 6.07) is 3.12. The lowest BCUT2D eigenvalue weighted by Crippen LogP contribution is -2.18. The molecule has 1 heterocycles. The molecule has 0 unspecified atom stereocenters. The molecule has 1 rings (SSSR count). The van der Waals surface area contributed by atoms with Gasteiger partial charge in [0.15, 0.2) is 5.88 Å². The third-order valence-corrected chi connectivity index (χ3v) is 1.70. The standard InChI is InChI=1S/C9H13NO2/c1-3-4-10-8(11)5-7(2)6-9(10)12/h5-6,11H,3-4H2,1-2H3. The quantitative estimate of drug-likeness (QED) is 0.720. The highest BCUT2D eigenvalue weighted by molar-refractivity contribution is 5.19. The zero-order valence-corrected chi connectivity index (χ0v) is 7.37. The van der Waals surface area contributed by atoms with Crippen LogP contribution in [0.4, 0.5) is 0 Å². The topological polar surface area (TPSA) is 42.2 Å². The first kappa shape index (κ1) is 8.84. The second-order valence-corrected chi connectivity index (χ2v) is 2.88. The van der Waals surface area contributed by atoms with Gasteiger partial charge in [-0.2, -0.15) is 0 Å². The van der Waals surface area contributed by atoms with E-state index in [0.29, 0.717) is 6.54 Å². The minimum atomic E-state index is -0.130. The summed E-state index contributed by atoms with van der Waals surface area (Å²) in [6.45, 7) is 4.33. The monoisotopic (exact) mass is 167 g/mol.